The number of hydrogen-bond acceptors (Lipinski definition) is 2. The molecule has 0 amide bonds. The molecule has 0 aromatic heterocycles. The van der Waals surface area contributed by atoms with E-state index in [2.05, 4.69) is 4.99 Å². The van der Waals surface area contributed by atoms with Gasteiger partial charge in [0.05, 0.1) is 12.6 Å². The second kappa shape index (κ2) is 7.48. The molecule has 0 radical (unpaired) electrons. The minimum absolute atomic E-state index is 0.0514. The molecule has 0 bridgehead atoms. The number of aliphatic imine (C=N–C) groups is 1. The molecule has 0 aliphatic rings. The van der Waals surface area contributed by atoms with Crippen LogP contribution in [-0.4, -0.2) is 12.8 Å². The monoisotopic (exact) mass is 321 g/mol. The fourth-order valence-corrected chi connectivity index (χ4v) is 2.55. The van der Waals surface area contributed by atoms with Gasteiger partial charge in [-0.1, -0.05) is 41.4 Å². The van der Waals surface area contributed by atoms with Crippen molar-refractivity contribution < 1.29 is 4.74 Å². The summed E-state index contributed by atoms with van der Waals surface area (Å²) in [7, 11) is 0. The van der Waals surface area contributed by atoms with Crippen LogP contribution in [0.4, 0.5) is 0 Å². The van der Waals surface area contributed by atoms with Crippen molar-refractivity contribution >= 4 is 29.4 Å². The number of benzene rings is 2. The SMILES string of the molecule is CCOc1ccccc1/C=N/C(C)c1ccc(Cl)cc1Cl. The summed E-state index contributed by atoms with van der Waals surface area (Å²) in [6, 6.07) is 13.2. The van der Waals surface area contributed by atoms with Crippen LogP contribution < -0.4 is 4.74 Å². The maximum absolute atomic E-state index is 6.20. The van der Waals surface area contributed by atoms with Crippen LogP contribution in [0, 0.1) is 0 Å². The zero-order chi connectivity index (χ0) is 15.2. The largest absolute Gasteiger partial charge is 0.493 e. The smallest absolute Gasteiger partial charge is 0.128 e. The minimum Gasteiger partial charge on any atom is -0.493 e. The lowest BCUT2D eigenvalue weighted by Crippen LogP contribution is -1.97. The molecule has 1 atom stereocenters. The molecule has 0 aliphatic carbocycles. The zero-order valence-corrected chi connectivity index (χ0v) is 13.5. The van der Waals surface area contributed by atoms with E-state index >= 15 is 0 Å². The number of halogens is 2. The normalized spacial score (nSPS) is 12.6. The molecule has 0 fully saturated rings. The van der Waals surface area contributed by atoms with E-state index in [1.54, 1.807) is 6.07 Å². The summed E-state index contributed by atoms with van der Waals surface area (Å²) in [5.41, 5.74) is 1.91. The summed E-state index contributed by atoms with van der Waals surface area (Å²) >= 11 is 12.1. The Morgan fingerprint density at radius 3 is 2.67 bits per heavy atom. The average Bonchev–Trinajstić information content (AvgIpc) is 2.46. The lowest BCUT2D eigenvalue weighted by molar-refractivity contribution is 0.340. The van der Waals surface area contributed by atoms with Gasteiger partial charge >= 0.3 is 0 Å². The van der Waals surface area contributed by atoms with E-state index in [4.69, 9.17) is 27.9 Å². The summed E-state index contributed by atoms with van der Waals surface area (Å²) in [5.74, 6) is 0.832. The summed E-state index contributed by atoms with van der Waals surface area (Å²) in [6.45, 7) is 4.59. The van der Waals surface area contributed by atoms with Gasteiger partial charge in [0.25, 0.3) is 0 Å². The summed E-state index contributed by atoms with van der Waals surface area (Å²) in [5, 5.41) is 1.26. The fourth-order valence-electron chi connectivity index (χ4n) is 1.99. The zero-order valence-electron chi connectivity index (χ0n) is 12.0. The van der Waals surface area contributed by atoms with Crippen LogP contribution in [0.3, 0.4) is 0 Å². The molecule has 2 aromatic rings. The van der Waals surface area contributed by atoms with E-state index in [9.17, 15) is 0 Å². The maximum atomic E-state index is 6.20. The molecule has 0 aliphatic heterocycles. The number of ether oxygens (including phenoxy) is 1. The molecule has 4 heteroatoms. The van der Waals surface area contributed by atoms with Crippen molar-refractivity contribution in [3.63, 3.8) is 0 Å². The lowest BCUT2D eigenvalue weighted by atomic mass is 10.1. The van der Waals surface area contributed by atoms with Gasteiger partial charge in [-0.25, -0.2) is 0 Å². The van der Waals surface area contributed by atoms with Crippen LogP contribution in [0.25, 0.3) is 0 Å². The van der Waals surface area contributed by atoms with Gasteiger partial charge in [0.1, 0.15) is 5.75 Å². The Morgan fingerprint density at radius 2 is 1.95 bits per heavy atom. The molecule has 2 aromatic carbocycles. The summed E-state index contributed by atoms with van der Waals surface area (Å²) in [6.07, 6.45) is 1.82. The molecule has 0 saturated carbocycles. The van der Waals surface area contributed by atoms with Gasteiger partial charge in [-0.3, -0.25) is 4.99 Å². The molecular weight excluding hydrogens is 305 g/mol. The average molecular weight is 322 g/mol. The molecular formula is C17H17Cl2NO. The quantitative estimate of drug-likeness (QED) is 0.659. The number of hydrogen-bond donors (Lipinski definition) is 0. The summed E-state index contributed by atoms with van der Waals surface area (Å²) < 4.78 is 5.58. The standard InChI is InChI=1S/C17H17Cl2NO/c1-3-21-17-7-5-4-6-13(17)11-20-12(2)15-9-8-14(18)10-16(15)19/h4-12H,3H2,1-2H3/b20-11+. The molecule has 2 nitrogen and oxygen atoms in total. The first-order valence-electron chi connectivity index (χ1n) is 6.81. The van der Waals surface area contributed by atoms with Crippen molar-refractivity contribution in [1.29, 1.82) is 0 Å². The highest BCUT2D eigenvalue weighted by Gasteiger charge is 2.08. The molecule has 21 heavy (non-hydrogen) atoms. The molecule has 0 spiro atoms. The van der Waals surface area contributed by atoms with E-state index in [-0.39, 0.29) is 6.04 Å². The molecule has 2 rings (SSSR count). The van der Waals surface area contributed by atoms with Gasteiger partial charge in [0.15, 0.2) is 0 Å². The number of nitrogens with zero attached hydrogens (tertiary/aromatic N) is 1. The van der Waals surface area contributed by atoms with Gasteiger partial charge < -0.3 is 4.74 Å². The van der Waals surface area contributed by atoms with Gasteiger partial charge in [-0.15, -0.1) is 0 Å². The third-order valence-corrected chi connectivity index (χ3v) is 3.63. The fraction of sp³-hybridized carbons (Fsp3) is 0.235. The van der Waals surface area contributed by atoms with Gasteiger partial charge in [0.2, 0.25) is 0 Å². The van der Waals surface area contributed by atoms with Gasteiger partial charge in [0, 0.05) is 21.8 Å². The Morgan fingerprint density at radius 1 is 1.19 bits per heavy atom. The second-order valence-electron chi connectivity index (χ2n) is 4.59. The molecule has 110 valence electrons. The summed E-state index contributed by atoms with van der Waals surface area (Å²) in [4.78, 5) is 4.57. The first-order chi connectivity index (χ1) is 10.1. The first kappa shape index (κ1) is 15.9. The Labute approximate surface area is 135 Å². The lowest BCUT2D eigenvalue weighted by Gasteiger charge is -2.10. The van der Waals surface area contributed by atoms with E-state index in [0.29, 0.717) is 16.7 Å². The Kier molecular flexibility index (Phi) is 5.66. The minimum atomic E-state index is -0.0514. The highest BCUT2D eigenvalue weighted by Crippen LogP contribution is 2.28. The van der Waals surface area contributed by atoms with Crippen LogP contribution in [0.2, 0.25) is 10.0 Å². The van der Waals surface area contributed by atoms with Crippen molar-refractivity contribution in [2.24, 2.45) is 4.99 Å². The van der Waals surface area contributed by atoms with E-state index < -0.39 is 0 Å². The van der Waals surface area contributed by atoms with Crippen LogP contribution >= 0.6 is 23.2 Å². The highest BCUT2D eigenvalue weighted by atomic mass is 35.5. The Balaban J connectivity index is 2.20. The first-order valence-corrected chi connectivity index (χ1v) is 7.57. The van der Waals surface area contributed by atoms with E-state index in [0.717, 1.165) is 16.9 Å². The maximum Gasteiger partial charge on any atom is 0.128 e. The van der Waals surface area contributed by atoms with E-state index in [1.807, 2.05) is 56.5 Å². The predicted octanol–water partition coefficient (Wildman–Crippen LogP) is 5.57. The van der Waals surface area contributed by atoms with Crippen LogP contribution in [0.15, 0.2) is 47.5 Å². The third kappa shape index (κ3) is 4.23. The Hall–Kier alpha value is -1.51. The predicted molar refractivity (Wildman–Crippen MR) is 90.1 cm³/mol. The van der Waals surface area contributed by atoms with Crippen LogP contribution in [0.5, 0.6) is 5.75 Å². The van der Waals surface area contributed by atoms with Crippen molar-refractivity contribution in [3.05, 3.63) is 63.6 Å². The molecule has 0 saturated heterocycles. The van der Waals surface area contributed by atoms with Gasteiger partial charge in [-0.05, 0) is 43.7 Å². The number of rotatable bonds is 5. The third-order valence-electron chi connectivity index (χ3n) is 3.07. The van der Waals surface area contributed by atoms with Crippen LogP contribution in [-0.2, 0) is 0 Å². The highest BCUT2D eigenvalue weighted by molar-refractivity contribution is 6.35. The Bertz CT molecular complexity index is 640. The second-order valence-corrected chi connectivity index (χ2v) is 5.43. The van der Waals surface area contributed by atoms with Crippen molar-refractivity contribution in [2.75, 3.05) is 6.61 Å². The van der Waals surface area contributed by atoms with Gasteiger partial charge in [-0.2, -0.15) is 0 Å². The van der Waals surface area contributed by atoms with Crippen molar-refractivity contribution in [2.45, 2.75) is 19.9 Å². The molecule has 0 heterocycles. The molecule has 1 unspecified atom stereocenters. The van der Waals surface area contributed by atoms with E-state index in [1.165, 1.54) is 0 Å². The van der Waals surface area contributed by atoms with Crippen molar-refractivity contribution in [3.8, 4) is 5.75 Å². The van der Waals surface area contributed by atoms with Crippen LogP contribution in [0.1, 0.15) is 31.0 Å². The number of para-hydroxylation sites is 1. The topological polar surface area (TPSA) is 21.6 Å². The molecule has 0 N–H and O–H groups in total. The van der Waals surface area contributed by atoms with Crippen molar-refractivity contribution in [1.82, 2.24) is 0 Å².